The van der Waals surface area contributed by atoms with Gasteiger partial charge in [-0.25, -0.2) is 9.07 Å². The molecule has 1 atom stereocenters. The van der Waals surface area contributed by atoms with Crippen LogP contribution in [0.3, 0.4) is 0 Å². The van der Waals surface area contributed by atoms with E-state index < -0.39 is 0 Å². The number of likely N-dealkylation sites (tertiary alicyclic amines) is 1. The number of halogens is 1. The summed E-state index contributed by atoms with van der Waals surface area (Å²) in [6, 6.07) is 6.11. The number of ether oxygens (including phenoxy) is 1. The van der Waals surface area contributed by atoms with Gasteiger partial charge in [0.2, 0.25) is 0 Å². The summed E-state index contributed by atoms with van der Waals surface area (Å²) in [5.74, 6) is -0.599. The highest BCUT2D eigenvalue weighted by atomic mass is 19.1. The predicted octanol–water partition coefficient (Wildman–Crippen LogP) is 3.61. The van der Waals surface area contributed by atoms with Crippen molar-refractivity contribution < 1.29 is 18.7 Å². The second-order valence-corrected chi connectivity index (χ2v) is 7.85. The van der Waals surface area contributed by atoms with Gasteiger partial charge in [-0.3, -0.25) is 9.59 Å². The number of piperidine rings is 1. The number of aromatic nitrogens is 2. The molecule has 1 aliphatic heterocycles. The van der Waals surface area contributed by atoms with Gasteiger partial charge in [-0.05, 0) is 63.8 Å². The Morgan fingerprint density at radius 3 is 2.59 bits per heavy atom. The topological polar surface area (TPSA) is 64.4 Å². The van der Waals surface area contributed by atoms with Crippen LogP contribution in [0.15, 0.2) is 24.3 Å². The fraction of sp³-hybridized carbons (Fsp3) is 0.500. The molecule has 1 saturated heterocycles. The minimum atomic E-state index is -0.310. The lowest BCUT2D eigenvalue weighted by Crippen LogP contribution is -2.43. The van der Waals surface area contributed by atoms with E-state index in [9.17, 15) is 14.0 Å². The number of amides is 1. The van der Waals surface area contributed by atoms with E-state index in [0.717, 1.165) is 42.8 Å². The van der Waals surface area contributed by atoms with Gasteiger partial charge in [0.25, 0.3) is 5.91 Å². The molecule has 1 aliphatic carbocycles. The highest BCUT2D eigenvalue weighted by Crippen LogP contribution is 2.42. The molecule has 4 rings (SSSR count). The summed E-state index contributed by atoms with van der Waals surface area (Å²) in [6.45, 7) is 5.02. The molecule has 0 bridgehead atoms. The summed E-state index contributed by atoms with van der Waals surface area (Å²) in [4.78, 5) is 27.4. The molecule has 0 unspecified atom stereocenters. The molecule has 2 aliphatic rings. The number of carbonyl (C=O) groups excluding carboxylic acids is 2. The molecule has 1 saturated carbocycles. The maximum atomic E-state index is 13.5. The van der Waals surface area contributed by atoms with Crippen molar-refractivity contribution in [1.29, 1.82) is 0 Å². The molecule has 2 fully saturated rings. The summed E-state index contributed by atoms with van der Waals surface area (Å²) >= 11 is 0. The minimum Gasteiger partial charge on any atom is -0.466 e. The molecule has 1 aromatic carbocycles. The first-order chi connectivity index (χ1) is 14.0. The number of nitrogens with zero attached hydrogens (tertiary/aromatic N) is 3. The number of hydrogen-bond acceptors (Lipinski definition) is 4. The average Bonchev–Trinajstić information content (AvgIpc) is 3.51. The largest absolute Gasteiger partial charge is 0.466 e. The lowest BCUT2D eigenvalue weighted by molar-refractivity contribution is -0.149. The first kappa shape index (κ1) is 19.6. The second-order valence-electron chi connectivity index (χ2n) is 7.85. The summed E-state index contributed by atoms with van der Waals surface area (Å²) in [6.07, 6.45) is 3.56. The third kappa shape index (κ3) is 3.91. The molecule has 0 radical (unpaired) electrons. The Balaban J connectivity index is 1.64. The molecular weight excluding hydrogens is 373 g/mol. The molecule has 154 valence electrons. The van der Waals surface area contributed by atoms with Crippen LogP contribution in [0.1, 0.15) is 60.3 Å². The molecule has 7 heteroatoms. The fourth-order valence-corrected chi connectivity index (χ4v) is 4.04. The van der Waals surface area contributed by atoms with Gasteiger partial charge >= 0.3 is 5.97 Å². The Morgan fingerprint density at radius 1 is 1.21 bits per heavy atom. The highest BCUT2D eigenvalue weighted by molar-refractivity contribution is 5.97. The maximum absolute atomic E-state index is 13.5. The van der Waals surface area contributed by atoms with Crippen LogP contribution >= 0.6 is 0 Å². The Hall–Kier alpha value is -2.70. The Labute approximate surface area is 169 Å². The Kier molecular flexibility index (Phi) is 5.39. The summed E-state index contributed by atoms with van der Waals surface area (Å²) < 4.78 is 20.2. The third-order valence-corrected chi connectivity index (χ3v) is 5.72. The van der Waals surface area contributed by atoms with E-state index in [-0.39, 0.29) is 23.6 Å². The van der Waals surface area contributed by atoms with Crippen LogP contribution in [-0.4, -0.2) is 46.3 Å². The first-order valence-electron chi connectivity index (χ1n) is 10.3. The number of carbonyl (C=O) groups is 2. The van der Waals surface area contributed by atoms with E-state index in [0.29, 0.717) is 31.2 Å². The van der Waals surface area contributed by atoms with Crippen LogP contribution in [0.5, 0.6) is 0 Å². The van der Waals surface area contributed by atoms with Gasteiger partial charge in [-0.2, -0.15) is 5.10 Å². The van der Waals surface area contributed by atoms with Crippen LogP contribution in [-0.2, 0) is 9.53 Å². The fourth-order valence-electron chi connectivity index (χ4n) is 4.04. The van der Waals surface area contributed by atoms with Crippen LogP contribution in [0.25, 0.3) is 5.69 Å². The molecule has 0 spiro atoms. The molecule has 1 aromatic heterocycles. The van der Waals surface area contributed by atoms with Gasteiger partial charge in [0, 0.05) is 19.0 Å². The number of esters is 1. The van der Waals surface area contributed by atoms with Crippen LogP contribution in [0, 0.1) is 18.7 Å². The zero-order chi connectivity index (χ0) is 20.5. The van der Waals surface area contributed by atoms with E-state index in [1.165, 1.54) is 12.1 Å². The number of hydrogen-bond donors (Lipinski definition) is 0. The molecule has 6 nitrogen and oxygen atoms in total. The van der Waals surface area contributed by atoms with Crippen LogP contribution in [0.2, 0.25) is 0 Å². The van der Waals surface area contributed by atoms with Crippen molar-refractivity contribution in [2.75, 3.05) is 19.7 Å². The Bertz CT molecular complexity index is 918. The SMILES string of the molecule is CCOC(=O)[C@H]1CCCN(C(=O)c2c(C3CC3)nn(-c3ccc(F)cc3)c2C)C1. The maximum Gasteiger partial charge on any atom is 0.310 e. The van der Waals surface area contributed by atoms with Gasteiger partial charge < -0.3 is 9.64 Å². The predicted molar refractivity (Wildman–Crippen MR) is 105 cm³/mol. The summed E-state index contributed by atoms with van der Waals surface area (Å²) in [5, 5.41) is 4.73. The lowest BCUT2D eigenvalue weighted by atomic mass is 9.97. The van der Waals surface area contributed by atoms with Gasteiger partial charge in [0.05, 0.1) is 35.2 Å². The molecule has 2 aromatic rings. The normalized spacial score (nSPS) is 19.3. The van der Waals surface area contributed by atoms with Crippen molar-refractivity contribution in [3.8, 4) is 5.69 Å². The monoisotopic (exact) mass is 399 g/mol. The summed E-state index contributed by atoms with van der Waals surface area (Å²) in [5.41, 5.74) is 2.92. The van der Waals surface area contributed by atoms with E-state index in [1.807, 2.05) is 6.92 Å². The standard InChI is InChI=1S/C22H26FN3O3/c1-3-29-22(28)16-5-4-12-25(13-16)21(27)19-14(2)26(24-20(19)15-6-7-15)18-10-8-17(23)9-11-18/h8-11,15-16H,3-7,12-13H2,1-2H3/t16-/m0/s1. The van der Waals surface area contributed by atoms with Crippen molar-refractivity contribution >= 4 is 11.9 Å². The van der Waals surface area contributed by atoms with E-state index in [1.54, 1.807) is 28.6 Å². The van der Waals surface area contributed by atoms with Crippen LogP contribution in [0.4, 0.5) is 4.39 Å². The molecule has 29 heavy (non-hydrogen) atoms. The van der Waals surface area contributed by atoms with Crippen molar-refractivity contribution in [3.63, 3.8) is 0 Å². The second kappa shape index (κ2) is 7.97. The number of benzene rings is 1. The van der Waals surface area contributed by atoms with Crippen molar-refractivity contribution in [2.24, 2.45) is 5.92 Å². The Morgan fingerprint density at radius 2 is 1.93 bits per heavy atom. The van der Waals surface area contributed by atoms with Crippen molar-refractivity contribution in [2.45, 2.75) is 45.4 Å². The molecular formula is C22H26FN3O3. The molecule has 0 N–H and O–H groups in total. The van der Waals surface area contributed by atoms with E-state index >= 15 is 0 Å². The van der Waals surface area contributed by atoms with Gasteiger partial charge in [0.15, 0.2) is 0 Å². The van der Waals surface area contributed by atoms with Gasteiger partial charge in [-0.15, -0.1) is 0 Å². The summed E-state index contributed by atoms with van der Waals surface area (Å²) in [7, 11) is 0. The zero-order valence-electron chi connectivity index (χ0n) is 16.9. The van der Waals surface area contributed by atoms with Crippen LogP contribution < -0.4 is 0 Å². The average molecular weight is 399 g/mol. The van der Waals surface area contributed by atoms with Gasteiger partial charge in [0.1, 0.15) is 5.82 Å². The highest BCUT2D eigenvalue weighted by Gasteiger charge is 2.37. The smallest absolute Gasteiger partial charge is 0.310 e. The number of rotatable bonds is 5. The molecule has 2 heterocycles. The lowest BCUT2D eigenvalue weighted by Gasteiger charge is -2.31. The van der Waals surface area contributed by atoms with E-state index in [4.69, 9.17) is 9.84 Å². The van der Waals surface area contributed by atoms with Crippen molar-refractivity contribution in [1.82, 2.24) is 14.7 Å². The van der Waals surface area contributed by atoms with E-state index in [2.05, 4.69) is 0 Å². The van der Waals surface area contributed by atoms with Crippen molar-refractivity contribution in [3.05, 3.63) is 47.0 Å². The third-order valence-electron chi connectivity index (χ3n) is 5.72. The first-order valence-corrected chi connectivity index (χ1v) is 10.3. The zero-order valence-corrected chi connectivity index (χ0v) is 16.9. The molecule has 1 amide bonds. The minimum absolute atomic E-state index is 0.0771. The quantitative estimate of drug-likeness (QED) is 0.721. The van der Waals surface area contributed by atoms with Gasteiger partial charge in [-0.1, -0.05) is 0 Å².